The zero-order valence-electron chi connectivity index (χ0n) is 11.6. The van der Waals surface area contributed by atoms with Crippen LogP contribution in [0.25, 0.3) is 11.3 Å². The minimum Gasteiger partial charge on any atom is -0.496 e. The lowest BCUT2D eigenvalue weighted by Gasteiger charge is -2.22. The molecule has 0 radical (unpaired) electrons. The van der Waals surface area contributed by atoms with Gasteiger partial charge >= 0.3 is 5.97 Å². The maximum atomic E-state index is 11.1. The molecular weight excluding hydrogens is 276 g/mol. The summed E-state index contributed by atoms with van der Waals surface area (Å²) in [6, 6.07) is 5.11. The topological polar surface area (TPSA) is 82.8 Å². The quantitative estimate of drug-likeness (QED) is 0.925. The number of hydrogen-bond donors (Lipinski definition) is 1. The molecule has 1 aromatic heterocycles. The number of aryl methyl sites for hydroxylation is 1. The van der Waals surface area contributed by atoms with Gasteiger partial charge in [-0.05, 0) is 18.2 Å². The normalized spacial score (nSPS) is 13.4. The van der Waals surface area contributed by atoms with Crippen molar-refractivity contribution in [3.63, 3.8) is 0 Å². The van der Waals surface area contributed by atoms with Crippen LogP contribution in [0.2, 0.25) is 0 Å². The molecule has 3 rings (SSSR count). The number of methoxy groups -OCH3 is 1. The van der Waals surface area contributed by atoms with Gasteiger partial charge in [-0.1, -0.05) is 0 Å². The Bertz CT molecular complexity index is 708. The summed E-state index contributed by atoms with van der Waals surface area (Å²) in [6.45, 7) is 0.569. The second kappa shape index (κ2) is 5.10. The zero-order chi connectivity index (χ0) is 15.0. The van der Waals surface area contributed by atoms with Crippen LogP contribution in [0, 0.1) is 0 Å². The summed E-state index contributed by atoms with van der Waals surface area (Å²) >= 11 is 0. The number of ether oxygens (including phenoxy) is 3. The fraction of sp³-hybridized carbons (Fsp3) is 0.286. The van der Waals surface area contributed by atoms with Gasteiger partial charge in [0.2, 0.25) is 0 Å². The molecule has 0 saturated heterocycles. The van der Waals surface area contributed by atoms with Gasteiger partial charge in [-0.15, -0.1) is 0 Å². The summed E-state index contributed by atoms with van der Waals surface area (Å²) in [4.78, 5) is 11.1. The Morgan fingerprint density at radius 1 is 1.48 bits per heavy atom. The molecule has 110 valence electrons. The lowest BCUT2D eigenvalue weighted by atomic mass is 10.0. The van der Waals surface area contributed by atoms with Gasteiger partial charge in [0.25, 0.3) is 0 Å². The Kier molecular flexibility index (Phi) is 3.26. The molecule has 0 atom stereocenters. The second-order valence-corrected chi connectivity index (χ2v) is 4.57. The first kappa shape index (κ1) is 13.4. The third kappa shape index (κ3) is 2.21. The van der Waals surface area contributed by atoms with Crippen LogP contribution in [0.1, 0.15) is 16.1 Å². The number of aromatic carboxylic acids is 1. The Labute approximate surface area is 120 Å². The number of carbonyl (C=O) groups is 1. The first-order valence-corrected chi connectivity index (χ1v) is 6.30. The number of carboxylic acid groups (broad SMARTS) is 1. The monoisotopic (exact) mass is 290 g/mol. The van der Waals surface area contributed by atoms with Gasteiger partial charge in [0.15, 0.2) is 12.5 Å². The number of benzene rings is 1. The van der Waals surface area contributed by atoms with Gasteiger partial charge < -0.3 is 19.3 Å². The molecule has 0 fully saturated rings. The van der Waals surface area contributed by atoms with Crippen LogP contribution in [-0.2, 0) is 18.4 Å². The van der Waals surface area contributed by atoms with Crippen LogP contribution in [0.5, 0.6) is 11.5 Å². The molecule has 0 aliphatic carbocycles. The van der Waals surface area contributed by atoms with E-state index in [9.17, 15) is 4.79 Å². The van der Waals surface area contributed by atoms with E-state index < -0.39 is 5.97 Å². The molecule has 0 unspecified atom stereocenters. The van der Waals surface area contributed by atoms with Crippen LogP contribution in [0.15, 0.2) is 18.2 Å². The van der Waals surface area contributed by atoms with E-state index in [1.807, 2.05) is 6.07 Å². The highest BCUT2D eigenvalue weighted by Crippen LogP contribution is 2.40. The average molecular weight is 290 g/mol. The van der Waals surface area contributed by atoms with Gasteiger partial charge in [-0.25, -0.2) is 4.79 Å². The van der Waals surface area contributed by atoms with E-state index in [-0.39, 0.29) is 12.5 Å². The van der Waals surface area contributed by atoms with Crippen molar-refractivity contribution in [3.05, 3.63) is 29.5 Å². The first-order valence-electron chi connectivity index (χ1n) is 6.30. The van der Waals surface area contributed by atoms with Crippen molar-refractivity contribution in [1.29, 1.82) is 0 Å². The zero-order valence-corrected chi connectivity index (χ0v) is 11.6. The molecule has 21 heavy (non-hydrogen) atoms. The number of carboxylic acids is 1. The minimum absolute atomic E-state index is 0.0233. The standard InChI is InChI=1S/C14H14N2O5/c1-16-10(5-9(15-16)14(17)18)13-8-6-20-7-21-11(8)3-4-12(13)19-2/h3-5H,6-7H2,1-2H3,(H,17,18). The summed E-state index contributed by atoms with van der Waals surface area (Å²) in [6.07, 6.45) is 0. The van der Waals surface area contributed by atoms with Gasteiger partial charge in [0.1, 0.15) is 11.5 Å². The highest BCUT2D eigenvalue weighted by molar-refractivity contribution is 5.88. The Balaban J connectivity index is 2.23. The predicted molar refractivity (Wildman–Crippen MR) is 72.4 cm³/mol. The molecule has 0 bridgehead atoms. The van der Waals surface area contributed by atoms with Crippen molar-refractivity contribution in [1.82, 2.24) is 9.78 Å². The third-order valence-electron chi connectivity index (χ3n) is 3.35. The SMILES string of the molecule is COc1ccc2c(c1-c1cc(C(=O)O)nn1C)COCO2. The van der Waals surface area contributed by atoms with E-state index in [2.05, 4.69) is 5.10 Å². The Morgan fingerprint density at radius 3 is 2.95 bits per heavy atom. The molecular formula is C14H14N2O5. The van der Waals surface area contributed by atoms with Crippen molar-refractivity contribution in [2.75, 3.05) is 13.9 Å². The third-order valence-corrected chi connectivity index (χ3v) is 3.35. The fourth-order valence-corrected chi connectivity index (χ4v) is 2.39. The van der Waals surface area contributed by atoms with Crippen molar-refractivity contribution in [2.24, 2.45) is 7.05 Å². The molecule has 7 heteroatoms. The molecule has 2 aromatic rings. The summed E-state index contributed by atoms with van der Waals surface area (Å²) in [5.41, 5.74) is 2.16. The fourth-order valence-electron chi connectivity index (χ4n) is 2.39. The maximum absolute atomic E-state index is 11.1. The van der Waals surface area contributed by atoms with Crippen molar-refractivity contribution in [2.45, 2.75) is 6.61 Å². The molecule has 1 N–H and O–H groups in total. The van der Waals surface area contributed by atoms with Crippen LogP contribution < -0.4 is 9.47 Å². The van der Waals surface area contributed by atoms with Crippen LogP contribution in [0.3, 0.4) is 0 Å². The smallest absolute Gasteiger partial charge is 0.356 e. The number of fused-ring (bicyclic) bond motifs is 1. The van der Waals surface area contributed by atoms with E-state index in [1.165, 1.54) is 10.7 Å². The summed E-state index contributed by atoms with van der Waals surface area (Å²) in [5.74, 6) is 0.242. The lowest BCUT2D eigenvalue weighted by molar-refractivity contribution is -0.0161. The van der Waals surface area contributed by atoms with E-state index in [0.717, 1.165) is 11.1 Å². The largest absolute Gasteiger partial charge is 0.496 e. The van der Waals surface area contributed by atoms with Crippen LogP contribution in [-0.4, -0.2) is 34.8 Å². The number of rotatable bonds is 3. The van der Waals surface area contributed by atoms with Crippen molar-refractivity contribution in [3.8, 4) is 22.8 Å². The van der Waals surface area contributed by atoms with Crippen LogP contribution >= 0.6 is 0 Å². The van der Waals surface area contributed by atoms with Gasteiger partial charge in [-0.3, -0.25) is 4.68 Å². The van der Waals surface area contributed by atoms with Crippen LogP contribution in [0.4, 0.5) is 0 Å². The van der Waals surface area contributed by atoms with E-state index in [0.29, 0.717) is 23.8 Å². The highest BCUT2D eigenvalue weighted by Gasteiger charge is 2.23. The van der Waals surface area contributed by atoms with Gasteiger partial charge in [-0.2, -0.15) is 5.10 Å². The van der Waals surface area contributed by atoms with E-state index in [1.54, 1.807) is 20.2 Å². The molecule has 7 nitrogen and oxygen atoms in total. The van der Waals surface area contributed by atoms with Crippen molar-refractivity contribution >= 4 is 5.97 Å². The van der Waals surface area contributed by atoms with E-state index in [4.69, 9.17) is 19.3 Å². The predicted octanol–water partition coefficient (Wildman–Crippen LogP) is 1.66. The van der Waals surface area contributed by atoms with Crippen molar-refractivity contribution < 1.29 is 24.1 Å². The first-order chi connectivity index (χ1) is 10.1. The minimum atomic E-state index is -1.08. The maximum Gasteiger partial charge on any atom is 0.356 e. The van der Waals surface area contributed by atoms with Gasteiger partial charge in [0, 0.05) is 12.6 Å². The second-order valence-electron chi connectivity index (χ2n) is 4.57. The Morgan fingerprint density at radius 2 is 2.29 bits per heavy atom. The van der Waals surface area contributed by atoms with E-state index >= 15 is 0 Å². The molecule has 1 aliphatic heterocycles. The number of nitrogens with zero attached hydrogens (tertiary/aromatic N) is 2. The summed E-state index contributed by atoms with van der Waals surface area (Å²) in [5, 5.41) is 13.1. The molecule has 0 spiro atoms. The molecule has 1 aliphatic rings. The van der Waals surface area contributed by atoms with Gasteiger partial charge in [0.05, 0.1) is 25.0 Å². The summed E-state index contributed by atoms with van der Waals surface area (Å²) < 4.78 is 17.7. The molecule has 0 amide bonds. The molecule has 0 saturated carbocycles. The summed E-state index contributed by atoms with van der Waals surface area (Å²) in [7, 11) is 3.25. The average Bonchev–Trinajstić information content (AvgIpc) is 2.88. The Hall–Kier alpha value is -2.54. The highest BCUT2D eigenvalue weighted by atomic mass is 16.7. The number of hydrogen-bond acceptors (Lipinski definition) is 5. The lowest BCUT2D eigenvalue weighted by Crippen LogP contribution is -2.13. The molecule has 1 aromatic carbocycles. The number of aromatic nitrogens is 2. The molecule has 2 heterocycles.